The van der Waals surface area contributed by atoms with Crippen LogP contribution in [0, 0.1) is 6.92 Å². The van der Waals surface area contributed by atoms with Crippen LogP contribution in [0.15, 0.2) is 36.4 Å². The summed E-state index contributed by atoms with van der Waals surface area (Å²) in [5.74, 6) is 0.638. The van der Waals surface area contributed by atoms with E-state index in [2.05, 4.69) is 13.8 Å². The van der Waals surface area contributed by atoms with Crippen molar-refractivity contribution in [1.82, 2.24) is 0 Å². The van der Waals surface area contributed by atoms with Crippen LogP contribution in [0.1, 0.15) is 35.3 Å². The quantitative estimate of drug-likeness (QED) is 0.675. The third-order valence-corrected chi connectivity index (χ3v) is 5.59. The van der Waals surface area contributed by atoms with Gasteiger partial charge in [-0.05, 0) is 23.9 Å². The number of ether oxygens (including phenoxy) is 1. The predicted octanol–water partition coefficient (Wildman–Crippen LogP) is 3.76. The smallest absolute Gasteiger partial charge is 0.161 e. The number of aryl methyl sites for hydroxylation is 1. The highest BCUT2D eigenvalue weighted by molar-refractivity contribution is 7.48. The summed E-state index contributed by atoms with van der Waals surface area (Å²) in [6, 6.07) is 11.3. The molecule has 0 aliphatic heterocycles. The molecule has 0 fully saturated rings. The highest BCUT2D eigenvalue weighted by Gasteiger charge is 2.27. The predicted molar refractivity (Wildman–Crippen MR) is 92.2 cm³/mol. The van der Waals surface area contributed by atoms with Gasteiger partial charge >= 0.3 is 0 Å². The largest absolute Gasteiger partial charge is 0.504 e. The fourth-order valence-electron chi connectivity index (χ4n) is 2.53. The molecule has 2 aromatic rings. The van der Waals surface area contributed by atoms with E-state index in [1.165, 1.54) is 0 Å². The number of rotatable bonds is 5. The van der Waals surface area contributed by atoms with Crippen LogP contribution in [-0.4, -0.2) is 18.5 Å². The number of para-hydroxylation sites is 1. The van der Waals surface area contributed by atoms with Crippen molar-refractivity contribution in [3.05, 3.63) is 53.1 Å². The van der Waals surface area contributed by atoms with Gasteiger partial charge in [0, 0.05) is 16.3 Å². The Kier molecular flexibility index (Phi) is 4.87. The Morgan fingerprint density at radius 2 is 1.86 bits per heavy atom. The molecule has 0 spiro atoms. The highest BCUT2D eigenvalue weighted by atomic mass is 31.1. The average Bonchev–Trinajstić information content (AvgIpc) is 2.49. The van der Waals surface area contributed by atoms with E-state index in [9.17, 15) is 9.90 Å². The van der Waals surface area contributed by atoms with Crippen LogP contribution in [-0.2, 0) is 5.16 Å². The summed E-state index contributed by atoms with van der Waals surface area (Å²) in [6.07, 6.45) is 0.900. The summed E-state index contributed by atoms with van der Waals surface area (Å²) < 4.78 is 5.20. The maximum atomic E-state index is 11.3. The van der Waals surface area contributed by atoms with Crippen LogP contribution in [0.2, 0.25) is 0 Å². The normalized spacial score (nSPS) is 11.8. The molecule has 116 valence electrons. The minimum absolute atomic E-state index is 0.170. The molecule has 0 heterocycles. The molecule has 3 nitrogen and oxygen atoms in total. The van der Waals surface area contributed by atoms with E-state index in [0.29, 0.717) is 19.9 Å². The molecule has 0 aliphatic rings. The van der Waals surface area contributed by atoms with Crippen molar-refractivity contribution in [3.8, 4) is 11.5 Å². The highest BCUT2D eigenvalue weighted by Crippen LogP contribution is 2.47. The Morgan fingerprint density at radius 1 is 1.18 bits per heavy atom. The van der Waals surface area contributed by atoms with Gasteiger partial charge in [0.15, 0.2) is 17.8 Å². The number of carbonyl (C=O) groups is 1. The van der Waals surface area contributed by atoms with Crippen molar-refractivity contribution in [2.24, 2.45) is 0 Å². The van der Waals surface area contributed by atoms with Crippen molar-refractivity contribution >= 4 is 20.2 Å². The van der Waals surface area contributed by atoms with Crippen LogP contribution >= 0.6 is 8.58 Å². The van der Waals surface area contributed by atoms with E-state index in [0.717, 1.165) is 22.7 Å². The van der Waals surface area contributed by atoms with Crippen molar-refractivity contribution in [1.29, 1.82) is 0 Å². The Morgan fingerprint density at radius 3 is 2.50 bits per heavy atom. The van der Waals surface area contributed by atoms with Crippen LogP contribution in [0.25, 0.3) is 0 Å². The zero-order valence-electron chi connectivity index (χ0n) is 13.3. The lowest BCUT2D eigenvalue weighted by atomic mass is 10.0. The van der Waals surface area contributed by atoms with Gasteiger partial charge in [0.2, 0.25) is 0 Å². The van der Waals surface area contributed by atoms with Gasteiger partial charge in [0.25, 0.3) is 0 Å². The maximum Gasteiger partial charge on any atom is 0.161 e. The van der Waals surface area contributed by atoms with E-state index < -0.39 is 0 Å². The lowest BCUT2D eigenvalue weighted by molar-refractivity contribution is 0.112. The molecule has 2 rings (SSSR count). The molecular formula is C18H21O3P. The summed E-state index contributed by atoms with van der Waals surface area (Å²) in [5.41, 5.74) is 2.64. The number of carbonyl (C=O) groups excluding carboxylic acids is 1. The number of phenols is 1. The second-order valence-electron chi connectivity index (χ2n) is 5.76. The Hall–Kier alpha value is -1.86. The first kappa shape index (κ1) is 16.5. The molecule has 2 aromatic carbocycles. The van der Waals surface area contributed by atoms with Gasteiger partial charge in [-0.2, -0.15) is 0 Å². The van der Waals surface area contributed by atoms with Gasteiger partial charge in [-0.3, -0.25) is 4.79 Å². The molecule has 1 N–H and O–H groups in total. The number of phenolic OH excluding ortho intramolecular Hbond substituents is 1. The van der Waals surface area contributed by atoms with Gasteiger partial charge < -0.3 is 9.84 Å². The Labute approximate surface area is 133 Å². The number of methoxy groups -OCH3 is 1. The van der Waals surface area contributed by atoms with E-state index in [1.807, 2.05) is 37.3 Å². The van der Waals surface area contributed by atoms with E-state index in [-0.39, 0.29) is 10.9 Å². The van der Waals surface area contributed by atoms with E-state index >= 15 is 0 Å². The molecule has 0 saturated carbocycles. The second kappa shape index (κ2) is 6.50. The molecular weight excluding hydrogens is 295 g/mol. The molecule has 0 saturated heterocycles. The molecule has 0 aliphatic carbocycles. The monoisotopic (exact) mass is 316 g/mol. The first-order valence-corrected chi connectivity index (χ1v) is 8.10. The van der Waals surface area contributed by atoms with Gasteiger partial charge in [-0.25, -0.2) is 0 Å². The lowest BCUT2D eigenvalue weighted by Gasteiger charge is -2.28. The van der Waals surface area contributed by atoms with Crippen molar-refractivity contribution in [2.75, 3.05) is 7.11 Å². The van der Waals surface area contributed by atoms with Gasteiger partial charge in [-0.1, -0.05) is 52.8 Å². The molecule has 1 unspecified atom stereocenters. The number of hydrogen-bond acceptors (Lipinski definition) is 3. The average molecular weight is 316 g/mol. The molecule has 1 atom stereocenters. The second-order valence-corrected chi connectivity index (χ2v) is 7.76. The van der Waals surface area contributed by atoms with Gasteiger partial charge in [0.1, 0.15) is 0 Å². The summed E-state index contributed by atoms with van der Waals surface area (Å²) in [7, 11) is 1.90. The SMILES string of the molecule is COc1cccc(C(C)(C)Pc2c(C)cccc2C=O)c1O. The van der Waals surface area contributed by atoms with Crippen molar-refractivity contribution in [2.45, 2.75) is 25.9 Å². The fourth-order valence-corrected chi connectivity index (χ4v) is 4.06. The maximum absolute atomic E-state index is 11.3. The minimum Gasteiger partial charge on any atom is -0.504 e. The van der Waals surface area contributed by atoms with Gasteiger partial charge in [0.05, 0.1) is 7.11 Å². The summed E-state index contributed by atoms with van der Waals surface area (Å²) in [4.78, 5) is 11.3. The molecule has 22 heavy (non-hydrogen) atoms. The standard InChI is InChI=1S/C18H21O3P/c1-12-7-5-8-13(11-19)17(12)22-18(2,3)14-9-6-10-15(21-4)16(14)20/h5-11,20,22H,1-4H3. The third-order valence-electron chi connectivity index (χ3n) is 3.76. The number of benzene rings is 2. The first-order chi connectivity index (χ1) is 10.4. The minimum atomic E-state index is -0.303. The topological polar surface area (TPSA) is 46.5 Å². The number of aromatic hydroxyl groups is 1. The zero-order valence-corrected chi connectivity index (χ0v) is 14.3. The van der Waals surface area contributed by atoms with Crippen LogP contribution in [0.3, 0.4) is 0 Å². The molecule has 0 amide bonds. The third kappa shape index (κ3) is 3.15. The molecule has 0 aromatic heterocycles. The Balaban J connectivity index is 2.47. The number of hydrogen-bond donors (Lipinski definition) is 1. The first-order valence-electron chi connectivity index (χ1n) is 7.10. The lowest BCUT2D eigenvalue weighted by Crippen LogP contribution is -2.19. The molecule has 0 bridgehead atoms. The molecule has 4 heteroatoms. The van der Waals surface area contributed by atoms with Crippen LogP contribution in [0.4, 0.5) is 0 Å². The number of aldehydes is 1. The van der Waals surface area contributed by atoms with Crippen LogP contribution in [0.5, 0.6) is 11.5 Å². The van der Waals surface area contributed by atoms with Crippen molar-refractivity contribution < 1.29 is 14.6 Å². The van der Waals surface area contributed by atoms with Crippen molar-refractivity contribution in [3.63, 3.8) is 0 Å². The van der Waals surface area contributed by atoms with Crippen LogP contribution < -0.4 is 10.0 Å². The Bertz CT molecular complexity index is 693. The zero-order chi connectivity index (χ0) is 16.3. The van der Waals surface area contributed by atoms with E-state index in [4.69, 9.17) is 4.74 Å². The van der Waals surface area contributed by atoms with E-state index in [1.54, 1.807) is 13.2 Å². The summed E-state index contributed by atoms with van der Waals surface area (Å²) >= 11 is 0. The van der Waals surface area contributed by atoms with Gasteiger partial charge in [-0.15, -0.1) is 0 Å². The fraction of sp³-hybridized carbons (Fsp3) is 0.278. The summed E-state index contributed by atoms with van der Waals surface area (Å²) in [6.45, 7) is 6.15. The summed E-state index contributed by atoms with van der Waals surface area (Å²) in [5, 5.41) is 11.2. The molecule has 0 radical (unpaired) electrons.